The predicted octanol–water partition coefficient (Wildman–Crippen LogP) is 3.89. The molecule has 1 amide bonds. The standard InChI is InChI=1S/C14H14F6N2O/c1-2-10(15)14(19,20)22-7-11(23)21-9-6-4-3-5-8(9)12(22)13(16,17)18/h3-6,10,12H,2,7H2,1H3,(H,21,23). The SMILES string of the molecule is CCC(F)C(F)(F)N1CC(=O)Nc2ccccc2C1C(F)(F)F. The van der Waals surface area contributed by atoms with Gasteiger partial charge in [0.1, 0.15) is 6.04 Å². The van der Waals surface area contributed by atoms with Crippen LogP contribution < -0.4 is 5.32 Å². The highest BCUT2D eigenvalue weighted by Crippen LogP contribution is 2.47. The van der Waals surface area contributed by atoms with Crippen LogP contribution in [0.3, 0.4) is 0 Å². The minimum Gasteiger partial charge on any atom is -0.325 e. The maximum atomic E-state index is 14.2. The highest BCUT2D eigenvalue weighted by molar-refractivity contribution is 5.94. The molecule has 1 heterocycles. The molecule has 0 aromatic heterocycles. The highest BCUT2D eigenvalue weighted by Gasteiger charge is 2.58. The molecule has 2 atom stereocenters. The maximum absolute atomic E-state index is 14.2. The van der Waals surface area contributed by atoms with Crippen LogP contribution in [0.25, 0.3) is 0 Å². The number of benzene rings is 1. The number of carbonyl (C=O) groups is 1. The quantitative estimate of drug-likeness (QED) is 0.669. The second kappa shape index (κ2) is 6.03. The zero-order valence-corrected chi connectivity index (χ0v) is 12.0. The molecule has 23 heavy (non-hydrogen) atoms. The number of halogens is 6. The van der Waals surface area contributed by atoms with Gasteiger partial charge < -0.3 is 5.32 Å². The van der Waals surface area contributed by atoms with Gasteiger partial charge in [-0.25, -0.2) is 9.29 Å². The van der Waals surface area contributed by atoms with Crippen molar-refractivity contribution in [1.82, 2.24) is 4.90 Å². The minimum atomic E-state index is -5.11. The summed E-state index contributed by atoms with van der Waals surface area (Å²) in [5, 5.41) is 2.15. The summed E-state index contributed by atoms with van der Waals surface area (Å²) in [6.45, 7) is -0.181. The van der Waals surface area contributed by atoms with Crippen molar-refractivity contribution >= 4 is 11.6 Å². The first-order valence-corrected chi connectivity index (χ1v) is 6.83. The lowest BCUT2D eigenvalue weighted by Crippen LogP contribution is -2.54. The Kier molecular flexibility index (Phi) is 4.61. The summed E-state index contributed by atoms with van der Waals surface area (Å²) < 4.78 is 82.3. The van der Waals surface area contributed by atoms with Crippen molar-refractivity contribution in [2.45, 2.75) is 37.8 Å². The lowest BCUT2D eigenvalue weighted by Gasteiger charge is -2.38. The fourth-order valence-corrected chi connectivity index (χ4v) is 2.51. The van der Waals surface area contributed by atoms with Crippen LogP contribution in [-0.4, -0.2) is 35.7 Å². The molecule has 0 radical (unpaired) electrons. The third kappa shape index (κ3) is 3.29. The van der Waals surface area contributed by atoms with Crippen molar-refractivity contribution in [3.63, 3.8) is 0 Å². The highest BCUT2D eigenvalue weighted by atomic mass is 19.4. The van der Waals surface area contributed by atoms with Crippen LogP contribution in [0.2, 0.25) is 0 Å². The van der Waals surface area contributed by atoms with E-state index in [0.29, 0.717) is 0 Å². The summed E-state index contributed by atoms with van der Waals surface area (Å²) in [6.07, 6.45) is -8.62. The van der Waals surface area contributed by atoms with Crippen molar-refractivity contribution in [1.29, 1.82) is 0 Å². The number of nitrogens with one attached hydrogen (secondary N) is 1. The number of amides is 1. The van der Waals surface area contributed by atoms with Gasteiger partial charge in [-0.3, -0.25) is 4.79 Å². The Morgan fingerprint density at radius 1 is 1.26 bits per heavy atom. The van der Waals surface area contributed by atoms with Gasteiger partial charge in [-0.2, -0.15) is 22.0 Å². The largest absolute Gasteiger partial charge is 0.408 e. The third-order valence-electron chi connectivity index (χ3n) is 3.58. The van der Waals surface area contributed by atoms with Gasteiger partial charge in [-0.05, 0) is 12.5 Å². The number of carbonyl (C=O) groups excluding carboxylic acids is 1. The van der Waals surface area contributed by atoms with E-state index in [0.717, 1.165) is 13.0 Å². The summed E-state index contributed by atoms with van der Waals surface area (Å²) in [5.41, 5.74) is -0.765. The molecule has 0 spiro atoms. The molecule has 1 aliphatic heterocycles. The molecule has 3 nitrogen and oxygen atoms in total. The lowest BCUT2D eigenvalue weighted by atomic mass is 10.0. The molecule has 9 heteroatoms. The van der Waals surface area contributed by atoms with Gasteiger partial charge in [0, 0.05) is 11.3 Å². The molecule has 0 saturated carbocycles. The number of para-hydroxylation sites is 1. The Labute approximate surface area is 128 Å². The lowest BCUT2D eigenvalue weighted by molar-refractivity contribution is -0.267. The molecule has 2 rings (SSSR count). The van der Waals surface area contributed by atoms with Crippen LogP contribution in [0.1, 0.15) is 24.9 Å². The van der Waals surface area contributed by atoms with Crippen LogP contribution in [0.15, 0.2) is 24.3 Å². The first kappa shape index (κ1) is 17.6. The number of anilines is 1. The third-order valence-corrected chi connectivity index (χ3v) is 3.58. The van der Waals surface area contributed by atoms with Crippen molar-refractivity contribution < 1.29 is 31.1 Å². The predicted molar refractivity (Wildman–Crippen MR) is 70.7 cm³/mol. The minimum absolute atomic E-state index is 0.218. The van der Waals surface area contributed by atoms with Gasteiger partial charge in [0.15, 0.2) is 6.17 Å². The molecule has 0 fully saturated rings. The summed E-state index contributed by atoms with van der Waals surface area (Å²) in [4.78, 5) is 11.3. The number of fused-ring (bicyclic) bond motifs is 1. The molecule has 1 aromatic rings. The molecule has 0 aliphatic carbocycles. The van der Waals surface area contributed by atoms with Gasteiger partial charge in [0.25, 0.3) is 0 Å². The van der Waals surface area contributed by atoms with E-state index in [1.807, 2.05) is 0 Å². The topological polar surface area (TPSA) is 32.3 Å². The van der Waals surface area contributed by atoms with Crippen LogP contribution in [0, 0.1) is 0 Å². The van der Waals surface area contributed by atoms with E-state index in [1.165, 1.54) is 18.2 Å². The molecule has 1 aliphatic rings. The number of nitrogens with zero attached hydrogens (tertiary/aromatic N) is 1. The number of rotatable bonds is 3. The average molecular weight is 340 g/mol. The molecule has 128 valence electrons. The number of hydrogen-bond donors (Lipinski definition) is 1. The van der Waals surface area contributed by atoms with Gasteiger partial charge in [0.2, 0.25) is 5.91 Å². The second-order valence-electron chi connectivity index (χ2n) is 5.17. The number of hydrogen-bond acceptors (Lipinski definition) is 2. The first-order chi connectivity index (χ1) is 10.6. The van der Waals surface area contributed by atoms with Crippen LogP contribution >= 0.6 is 0 Å². The molecule has 0 saturated heterocycles. The van der Waals surface area contributed by atoms with Crippen LogP contribution in [-0.2, 0) is 4.79 Å². The molecular formula is C14H14F6N2O. The van der Waals surface area contributed by atoms with E-state index in [9.17, 15) is 31.1 Å². The van der Waals surface area contributed by atoms with Crippen molar-refractivity contribution in [2.75, 3.05) is 11.9 Å². The van der Waals surface area contributed by atoms with E-state index >= 15 is 0 Å². The summed E-state index contributed by atoms with van der Waals surface area (Å²) >= 11 is 0. The Balaban J connectivity index is 2.62. The summed E-state index contributed by atoms with van der Waals surface area (Å²) in [7, 11) is 0. The Hall–Kier alpha value is -1.77. The number of alkyl halides is 6. The zero-order chi connectivity index (χ0) is 17.4. The van der Waals surface area contributed by atoms with Crippen molar-refractivity contribution in [2.24, 2.45) is 0 Å². The van der Waals surface area contributed by atoms with E-state index < -0.39 is 53.8 Å². The fourth-order valence-electron chi connectivity index (χ4n) is 2.51. The summed E-state index contributed by atoms with van der Waals surface area (Å²) in [5.74, 6) is -1.06. The van der Waals surface area contributed by atoms with Crippen molar-refractivity contribution in [3.8, 4) is 0 Å². The van der Waals surface area contributed by atoms with Crippen LogP contribution in [0.5, 0.6) is 0 Å². The van der Waals surface area contributed by atoms with E-state index in [-0.39, 0.29) is 5.69 Å². The average Bonchev–Trinajstić information content (AvgIpc) is 2.61. The molecular weight excluding hydrogens is 326 g/mol. The van der Waals surface area contributed by atoms with E-state index in [2.05, 4.69) is 5.32 Å². The van der Waals surface area contributed by atoms with Gasteiger partial charge in [0.05, 0.1) is 6.54 Å². The normalized spacial score (nSPS) is 21.3. The monoisotopic (exact) mass is 340 g/mol. The van der Waals surface area contributed by atoms with Crippen LogP contribution in [0.4, 0.5) is 32.0 Å². The van der Waals surface area contributed by atoms with Gasteiger partial charge >= 0.3 is 12.2 Å². The second-order valence-corrected chi connectivity index (χ2v) is 5.17. The Morgan fingerprint density at radius 3 is 2.43 bits per heavy atom. The smallest absolute Gasteiger partial charge is 0.325 e. The molecule has 2 unspecified atom stereocenters. The first-order valence-electron chi connectivity index (χ1n) is 6.83. The van der Waals surface area contributed by atoms with Crippen molar-refractivity contribution in [3.05, 3.63) is 29.8 Å². The molecule has 0 bridgehead atoms. The maximum Gasteiger partial charge on any atom is 0.408 e. The zero-order valence-electron chi connectivity index (χ0n) is 12.0. The summed E-state index contributed by atoms with van der Waals surface area (Å²) in [6, 6.07) is -2.47. The van der Waals surface area contributed by atoms with Gasteiger partial charge in [-0.15, -0.1) is 0 Å². The van der Waals surface area contributed by atoms with E-state index in [1.54, 1.807) is 0 Å². The Morgan fingerprint density at radius 2 is 1.87 bits per heavy atom. The fraction of sp³-hybridized carbons (Fsp3) is 0.500. The molecule has 1 N–H and O–H groups in total. The molecule has 1 aromatic carbocycles. The Bertz CT molecular complexity index is 589. The van der Waals surface area contributed by atoms with E-state index in [4.69, 9.17) is 0 Å². The van der Waals surface area contributed by atoms with Gasteiger partial charge in [-0.1, -0.05) is 25.1 Å².